The number of amides is 1. The van der Waals surface area contributed by atoms with E-state index in [0.717, 1.165) is 37.6 Å². The summed E-state index contributed by atoms with van der Waals surface area (Å²) in [5.74, 6) is 2.37. The summed E-state index contributed by atoms with van der Waals surface area (Å²) in [6.45, 7) is 4.34. The van der Waals surface area contributed by atoms with Gasteiger partial charge in [0.05, 0.1) is 0 Å². The summed E-state index contributed by atoms with van der Waals surface area (Å²) in [7, 11) is 0. The molecule has 2 unspecified atom stereocenters. The second-order valence-electron chi connectivity index (χ2n) is 7.61. The topological polar surface area (TPSA) is 50.4 Å². The number of nitrogens with one attached hydrogen (secondary N) is 2. The van der Waals surface area contributed by atoms with Crippen LogP contribution in [0.4, 0.5) is 0 Å². The third-order valence-corrected chi connectivity index (χ3v) is 5.66. The molecule has 1 aliphatic heterocycles. The van der Waals surface area contributed by atoms with E-state index < -0.39 is 0 Å². The SMILES string of the molecule is CCCC1CCC(c2ccc(OCC(=O)NC3CCNCC3)cc2)C1. The van der Waals surface area contributed by atoms with Crippen LogP contribution in [0.25, 0.3) is 0 Å². The van der Waals surface area contributed by atoms with Gasteiger partial charge in [-0.1, -0.05) is 31.9 Å². The molecule has 138 valence electrons. The molecule has 2 fully saturated rings. The first kappa shape index (κ1) is 18.2. The van der Waals surface area contributed by atoms with E-state index in [1.807, 2.05) is 12.1 Å². The summed E-state index contributed by atoms with van der Waals surface area (Å²) in [5.41, 5.74) is 1.42. The van der Waals surface area contributed by atoms with Crippen LogP contribution in [-0.4, -0.2) is 31.6 Å². The van der Waals surface area contributed by atoms with Gasteiger partial charge in [-0.15, -0.1) is 0 Å². The smallest absolute Gasteiger partial charge is 0.258 e. The molecule has 4 nitrogen and oxygen atoms in total. The Morgan fingerprint density at radius 1 is 1.16 bits per heavy atom. The Hall–Kier alpha value is -1.55. The van der Waals surface area contributed by atoms with Gasteiger partial charge in [0.15, 0.2) is 6.61 Å². The van der Waals surface area contributed by atoms with E-state index in [9.17, 15) is 4.79 Å². The van der Waals surface area contributed by atoms with Crippen LogP contribution in [0.2, 0.25) is 0 Å². The van der Waals surface area contributed by atoms with E-state index in [1.165, 1.54) is 37.7 Å². The minimum absolute atomic E-state index is 0.0193. The average molecular weight is 344 g/mol. The zero-order valence-corrected chi connectivity index (χ0v) is 15.4. The normalized spacial score (nSPS) is 24.2. The number of carbonyl (C=O) groups excluding carboxylic acids is 1. The second-order valence-corrected chi connectivity index (χ2v) is 7.61. The van der Waals surface area contributed by atoms with Crippen molar-refractivity contribution in [1.29, 1.82) is 0 Å². The standard InChI is InChI=1S/C21H32N2O2/c1-2-3-16-4-5-18(14-16)17-6-8-20(9-7-17)25-15-21(24)23-19-10-12-22-13-11-19/h6-9,16,18-19,22H,2-5,10-15H2,1H3,(H,23,24). The van der Waals surface area contributed by atoms with Crippen LogP contribution in [0.1, 0.15) is 63.4 Å². The predicted octanol–water partition coefficient (Wildman–Crippen LogP) is 3.62. The summed E-state index contributed by atoms with van der Waals surface area (Å²) in [4.78, 5) is 12.0. The summed E-state index contributed by atoms with van der Waals surface area (Å²) in [6, 6.07) is 8.68. The molecule has 0 bridgehead atoms. The molecule has 2 N–H and O–H groups in total. The second kappa shape index (κ2) is 9.23. The molecule has 0 aromatic heterocycles. The fourth-order valence-electron chi connectivity index (χ4n) is 4.27. The number of carbonyl (C=O) groups is 1. The molecule has 2 atom stereocenters. The Balaban J connectivity index is 1.42. The summed E-state index contributed by atoms with van der Waals surface area (Å²) >= 11 is 0. The van der Waals surface area contributed by atoms with Crippen molar-refractivity contribution in [3.63, 3.8) is 0 Å². The van der Waals surface area contributed by atoms with E-state index in [4.69, 9.17) is 4.74 Å². The number of hydrogen-bond acceptors (Lipinski definition) is 3. The Bertz CT molecular complexity index is 537. The minimum atomic E-state index is -0.0193. The van der Waals surface area contributed by atoms with Crippen molar-refractivity contribution in [2.24, 2.45) is 5.92 Å². The molecule has 0 radical (unpaired) electrons. The lowest BCUT2D eigenvalue weighted by Crippen LogP contribution is -2.44. The van der Waals surface area contributed by atoms with Crippen LogP contribution in [0.3, 0.4) is 0 Å². The molecule has 1 amide bonds. The Kier molecular flexibility index (Phi) is 6.74. The van der Waals surface area contributed by atoms with E-state index >= 15 is 0 Å². The number of hydrogen-bond donors (Lipinski definition) is 2. The van der Waals surface area contributed by atoms with Crippen molar-refractivity contribution >= 4 is 5.91 Å². The van der Waals surface area contributed by atoms with Crippen molar-refractivity contribution in [2.75, 3.05) is 19.7 Å². The van der Waals surface area contributed by atoms with Gasteiger partial charge in [0, 0.05) is 6.04 Å². The van der Waals surface area contributed by atoms with E-state index in [-0.39, 0.29) is 18.6 Å². The highest BCUT2D eigenvalue weighted by Gasteiger charge is 2.25. The molecule has 2 aliphatic rings. The van der Waals surface area contributed by atoms with E-state index in [0.29, 0.717) is 5.92 Å². The average Bonchev–Trinajstić information content (AvgIpc) is 3.10. The van der Waals surface area contributed by atoms with Gasteiger partial charge in [-0.25, -0.2) is 0 Å². The molecule has 1 saturated heterocycles. The van der Waals surface area contributed by atoms with Gasteiger partial charge in [-0.05, 0) is 74.7 Å². The highest BCUT2D eigenvalue weighted by atomic mass is 16.5. The lowest BCUT2D eigenvalue weighted by Gasteiger charge is -2.23. The van der Waals surface area contributed by atoms with E-state index in [1.54, 1.807) is 0 Å². The molecule has 25 heavy (non-hydrogen) atoms. The molecule has 1 heterocycles. The summed E-state index contributed by atoms with van der Waals surface area (Å²) in [6.07, 6.45) is 8.67. The molecule has 0 spiro atoms. The third kappa shape index (κ3) is 5.46. The van der Waals surface area contributed by atoms with Crippen molar-refractivity contribution in [3.8, 4) is 5.75 Å². The largest absolute Gasteiger partial charge is 0.484 e. The molecule has 1 aromatic rings. The van der Waals surface area contributed by atoms with Crippen LogP contribution in [-0.2, 0) is 4.79 Å². The quantitative estimate of drug-likeness (QED) is 0.794. The maximum atomic E-state index is 12.0. The van der Waals surface area contributed by atoms with Crippen LogP contribution >= 0.6 is 0 Å². The van der Waals surface area contributed by atoms with E-state index in [2.05, 4.69) is 29.7 Å². The van der Waals surface area contributed by atoms with Crippen LogP contribution in [0, 0.1) is 5.92 Å². The van der Waals surface area contributed by atoms with Crippen molar-refractivity contribution < 1.29 is 9.53 Å². The first-order valence-corrected chi connectivity index (χ1v) is 9.97. The van der Waals surface area contributed by atoms with Crippen molar-refractivity contribution in [2.45, 2.75) is 63.8 Å². The summed E-state index contributed by atoms with van der Waals surface area (Å²) in [5, 5.41) is 6.36. The van der Waals surface area contributed by atoms with Crippen molar-refractivity contribution in [1.82, 2.24) is 10.6 Å². The Morgan fingerprint density at radius 3 is 2.64 bits per heavy atom. The van der Waals surface area contributed by atoms with Gasteiger partial charge in [0.25, 0.3) is 5.91 Å². The molecule has 1 aromatic carbocycles. The minimum Gasteiger partial charge on any atom is -0.484 e. The first-order chi connectivity index (χ1) is 12.2. The van der Waals surface area contributed by atoms with Gasteiger partial charge in [0.1, 0.15) is 5.75 Å². The number of ether oxygens (including phenoxy) is 1. The van der Waals surface area contributed by atoms with Gasteiger partial charge in [-0.3, -0.25) is 4.79 Å². The maximum Gasteiger partial charge on any atom is 0.258 e. The molecule has 1 aliphatic carbocycles. The predicted molar refractivity (Wildman–Crippen MR) is 101 cm³/mol. The van der Waals surface area contributed by atoms with Gasteiger partial charge >= 0.3 is 0 Å². The van der Waals surface area contributed by atoms with Gasteiger partial charge < -0.3 is 15.4 Å². The fraction of sp³-hybridized carbons (Fsp3) is 0.667. The first-order valence-electron chi connectivity index (χ1n) is 9.97. The number of piperidine rings is 1. The molecule has 4 heteroatoms. The fourth-order valence-corrected chi connectivity index (χ4v) is 4.27. The lowest BCUT2D eigenvalue weighted by atomic mass is 9.95. The molecular weight excluding hydrogens is 312 g/mol. The number of benzene rings is 1. The lowest BCUT2D eigenvalue weighted by molar-refractivity contribution is -0.123. The summed E-state index contributed by atoms with van der Waals surface area (Å²) < 4.78 is 5.66. The Morgan fingerprint density at radius 2 is 1.92 bits per heavy atom. The zero-order valence-electron chi connectivity index (χ0n) is 15.4. The van der Waals surface area contributed by atoms with Gasteiger partial charge in [-0.2, -0.15) is 0 Å². The van der Waals surface area contributed by atoms with Gasteiger partial charge in [0.2, 0.25) is 0 Å². The Labute approximate surface area is 151 Å². The number of rotatable bonds is 7. The van der Waals surface area contributed by atoms with Crippen LogP contribution in [0.5, 0.6) is 5.75 Å². The highest BCUT2D eigenvalue weighted by Crippen LogP contribution is 2.40. The van der Waals surface area contributed by atoms with Crippen LogP contribution < -0.4 is 15.4 Å². The molecular formula is C21H32N2O2. The zero-order chi connectivity index (χ0) is 17.5. The highest BCUT2D eigenvalue weighted by molar-refractivity contribution is 5.77. The van der Waals surface area contributed by atoms with Crippen molar-refractivity contribution in [3.05, 3.63) is 29.8 Å². The molecule has 3 rings (SSSR count). The van der Waals surface area contributed by atoms with Crippen LogP contribution in [0.15, 0.2) is 24.3 Å². The maximum absolute atomic E-state index is 12.0. The third-order valence-electron chi connectivity index (χ3n) is 5.66. The monoisotopic (exact) mass is 344 g/mol. The molecule has 1 saturated carbocycles.